The smallest absolute Gasteiger partial charge is 0.253 e. The highest BCUT2D eigenvalue weighted by Gasteiger charge is 2.28. The molecular weight excluding hydrogens is 384 g/mol. The maximum atomic E-state index is 13.0. The first-order valence-corrected chi connectivity index (χ1v) is 11.1. The summed E-state index contributed by atoms with van der Waals surface area (Å²) in [6.45, 7) is 5.92. The van der Waals surface area contributed by atoms with Crippen molar-refractivity contribution in [3.8, 4) is 5.75 Å². The van der Waals surface area contributed by atoms with Gasteiger partial charge in [-0.15, -0.1) is 0 Å². The van der Waals surface area contributed by atoms with E-state index in [0.29, 0.717) is 6.61 Å². The molecule has 1 aliphatic rings. The highest BCUT2D eigenvalue weighted by molar-refractivity contribution is 5.94. The Morgan fingerprint density at radius 1 is 0.806 bits per heavy atom. The lowest BCUT2D eigenvalue weighted by Crippen LogP contribution is -2.49. The second-order valence-electron chi connectivity index (χ2n) is 7.92. The van der Waals surface area contributed by atoms with E-state index in [4.69, 9.17) is 4.74 Å². The number of piperazine rings is 1. The van der Waals surface area contributed by atoms with Crippen LogP contribution in [-0.2, 0) is 0 Å². The summed E-state index contributed by atoms with van der Waals surface area (Å²) in [5, 5.41) is 0. The SMILES string of the molecule is CCCOc1ccc(C(=O)N2CCN(C(c3ccccc3)c3ccccc3)CC2)cc1. The highest BCUT2D eigenvalue weighted by Crippen LogP contribution is 2.29. The van der Waals surface area contributed by atoms with Crippen LogP contribution in [0.4, 0.5) is 0 Å². The van der Waals surface area contributed by atoms with Gasteiger partial charge < -0.3 is 9.64 Å². The Kier molecular flexibility index (Phi) is 7.00. The molecule has 4 nitrogen and oxygen atoms in total. The van der Waals surface area contributed by atoms with Crippen LogP contribution in [0.25, 0.3) is 0 Å². The van der Waals surface area contributed by atoms with Crippen molar-refractivity contribution in [2.24, 2.45) is 0 Å². The van der Waals surface area contributed by atoms with Gasteiger partial charge >= 0.3 is 0 Å². The molecule has 160 valence electrons. The molecule has 1 aliphatic heterocycles. The predicted octanol–water partition coefficient (Wildman–Crippen LogP) is 5.02. The molecule has 0 unspecified atom stereocenters. The lowest BCUT2D eigenvalue weighted by atomic mass is 9.96. The first kappa shape index (κ1) is 21.1. The number of amides is 1. The van der Waals surface area contributed by atoms with E-state index >= 15 is 0 Å². The van der Waals surface area contributed by atoms with E-state index in [1.807, 2.05) is 29.2 Å². The van der Waals surface area contributed by atoms with Crippen LogP contribution in [-0.4, -0.2) is 48.5 Å². The summed E-state index contributed by atoms with van der Waals surface area (Å²) < 4.78 is 5.63. The minimum absolute atomic E-state index is 0.0951. The van der Waals surface area contributed by atoms with E-state index in [1.165, 1.54) is 11.1 Å². The van der Waals surface area contributed by atoms with Gasteiger partial charge in [0, 0.05) is 31.7 Å². The Labute approximate surface area is 185 Å². The second kappa shape index (κ2) is 10.3. The Morgan fingerprint density at radius 3 is 1.87 bits per heavy atom. The van der Waals surface area contributed by atoms with E-state index in [-0.39, 0.29) is 11.9 Å². The molecule has 1 saturated heterocycles. The fourth-order valence-corrected chi connectivity index (χ4v) is 4.16. The largest absolute Gasteiger partial charge is 0.494 e. The average Bonchev–Trinajstić information content (AvgIpc) is 2.85. The molecule has 0 aromatic heterocycles. The Balaban J connectivity index is 1.43. The minimum Gasteiger partial charge on any atom is -0.494 e. The lowest BCUT2D eigenvalue weighted by molar-refractivity contribution is 0.0597. The summed E-state index contributed by atoms with van der Waals surface area (Å²) >= 11 is 0. The number of ether oxygens (including phenoxy) is 1. The predicted molar refractivity (Wildman–Crippen MR) is 124 cm³/mol. The summed E-state index contributed by atoms with van der Waals surface area (Å²) in [7, 11) is 0. The van der Waals surface area contributed by atoms with Crippen molar-refractivity contribution in [1.82, 2.24) is 9.80 Å². The molecule has 0 radical (unpaired) electrons. The van der Waals surface area contributed by atoms with Crippen molar-refractivity contribution < 1.29 is 9.53 Å². The highest BCUT2D eigenvalue weighted by atomic mass is 16.5. The minimum atomic E-state index is 0.0951. The molecule has 1 amide bonds. The van der Waals surface area contributed by atoms with E-state index in [1.54, 1.807) is 0 Å². The molecule has 3 aromatic rings. The molecule has 4 heteroatoms. The van der Waals surface area contributed by atoms with Crippen molar-refractivity contribution in [3.05, 3.63) is 102 Å². The van der Waals surface area contributed by atoms with Crippen molar-refractivity contribution in [1.29, 1.82) is 0 Å². The summed E-state index contributed by atoms with van der Waals surface area (Å²) in [5.41, 5.74) is 3.30. The van der Waals surface area contributed by atoms with Crippen LogP contribution >= 0.6 is 0 Å². The summed E-state index contributed by atoms with van der Waals surface area (Å²) in [5.74, 6) is 0.912. The van der Waals surface area contributed by atoms with Gasteiger partial charge in [0.15, 0.2) is 0 Å². The number of carbonyl (C=O) groups is 1. The quantitative estimate of drug-likeness (QED) is 0.544. The third-order valence-corrected chi connectivity index (χ3v) is 5.77. The third kappa shape index (κ3) is 5.15. The molecule has 0 atom stereocenters. The zero-order valence-electron chi connectivity index (χ0n) is 18.1. The lowest BCUT2D eigenvalue weighted by Gasteiger charge is -2.39. The molecule has 1 heterocycles. The molecule has 0 spiro atoms. The number of rotatable bonds is 7. The Morgan fingerprint density at radius 2 is 1.35 bits per heavy atom. The van der Waals surface area contributed by atoms with Crippen molar-refractivity contribution in [2.75, 3.05) is 32.8 Å². The van der Waals surface area contributed by atoms with Gasteiger partial charge in [-0.05, 0) is 41.8 Å². The van der Waals surface area contributed by atoms with E-state index < -0.39 is 0 Å². The third-order valence-electron chi connectivity index (χ3n) is 5.77. The fourth-order valence-electron chi connectivity index (χ4n) is 4.16. The van der Waals surface area contributed by atoms with Gasteiger partial charge in [0.25, 0.3) is 5.91 Å². The monoisotopic (exact) mass is 414 g/mol. The molecule has 0 N–H and O–H groups in total. The molecule has 0 bridgehead atoms. The molecule has 1 fully saturated rings. The van der Waals surface area contributed by atoms with Crippen LogP contribution in [0.1, 0.15) is 40.9 Å². The number of carbonyl (C=O) groups excluding carboxylic acids is 1. The zero-order chi connectivity index (χ0) is 21.5. The van der Waals surface area contributed by atoms with Crippen molar-refractivity contribution in [2.45, 2.75) is 19.4 Å². The molecule has 31 heavy (non-hydrogen) atoms. The molecule has 0 aliphatic carbocycles. The van der Waals surface area contributed by atoms with Crippen LogP contribution in [0, 0.1) is 0 Å². The first-order chi connectivity index (χ1) is 15.3. The normalized spacial score (nSPS) is 14.6. The summed E-state index contributed by atoms with van der Waals surface area (Å²) in [4.78, 5) is 17.5. The standard InChI is InChI=1S/C27H30N2O2/c1-2-21-31-25-15-13-24(14-16-25)27(30)29-19-17-28(18-20-29)26(22-9-5-3-6-10-22)23-11-7-4-8-12-23/h3-16,26H,2,17-21H2,1H3. The summed E-state index contributed by atoms with van der Waals surface area (Å²) in [6.07, 6.45) is 0.970. The molecular formula is C27H30N2O2. The van der Waals surface area contributed by atoms with Gasteiger partial charge in [0.2, 0.25) is 0 Å². The van der Waals surface area contributed by atoms with Gasteiger partial charge in [0.05, 0.1) is 12.6 Å². The van der Waals surface area contributed by atoms with Crippen LogP contribution in [0.3, 0.4) is 0 Å². The number of benzene rings is 3. The van der Waals surface area contributed by atoms with Gasteiger partial charge in [-0.1, -0.05) is 67.6 Å². The molecule has 4 rings (SSSR count). The second-order valence-corrected chi connectivity index (χ2v) is 7.92. The Bertz CT molecular complexity index is 910. The Hall–Kier alpha value is -3.11. The number of hydrogen-bond acceptors (Lipinski definition) is 3. The fraction of sp³-hybridized carbons (Fsp3) is 0.296. The van der Waals surface area contributed by atoms with Crippen molar-refractivity contribution in [3.63, 3.8) is 0 Å². The first-order valence-electron chi connectivity index (χ1n) is 11.1. The van der Waals surface area contributed by atoms with Gasteiger partial charge in [-0.3, -0.25) is 9.69 Å². The number of nitrogens with zero attached hydrogens (tertiary/aromatic N) is 2. The van der Waals surface area contributed by atoms with Crippen LogP contribution in [0.2, 0.25) is 0 Å². The van der Waals surface area contributed by atoms with Crippen LogP contribution in [0.15, 0.2) is 84.9 Å². The van der Waals surface area contributed by atoms with E-state index in [9.17, 15) is 4.79 Å². The van der Waals surface area contributed by atoms with E-state index in [2.05, 4.69) is 72.5 Å². The summed E-state index contributed by atoms with van der Waals surface area (Å²) in [6, 6.07) is 29.0. The topological polar surface area (TPSA) is 32.8 Å². The maximum Gasteiger partial charge on any atom is 0.253 e. The molecule has 0 saturated carbocycles. The van der Waals surface area contributed by atoms with Crippen molar-refractivity contribution >= 4 is 5.91 Å². The number of hydrogen-bond donors (Lipinski definition) is 0. The van der Waals surface area contributed by atoms with Crippen LogP contribution in [0.5, 0.6) is 5.75 Å². The van der Waals surface area contributed by atoms with Gasteiger partial charge in [-0.2, -0.15) is 0 Å². The van der Waals surface area contributed by atoms with Gasteiger partial charge in [0.1, 0.15) is 5.75 Å². The van der Waals surface area contributed by atoms with Gasteiger partial charge in [-0.25, -0.2) is 0 Å². The average molecular weight is 415 g/mol. The molecule has 3 aromatic carbocycles. The van der Waals surface area contributed by atoms with E-state index in [0.717, 1.165) is 43.9 Å². The zero-order valence-corrected chi connectivity index (χ0v) is 18.1. The van der Waals surface area contributed by atoms with Crippen LogP contribution < -0.4 is 4.74 Å². The maximum absolute atomic E-state index is 13.0.